The standard InChI is InChI=1S/C16H26N2O5/c1-4-23-15(21)16-6-5-7-17(14(20)10-22-3)8-13(16)9-18(11-16)12(2)19/h13H,4-11H2,1-3H3/t13-,16-/m1/s1. The van der Waals surface area contributed by atoms with Gasteiger partial charge in [0.25, 0.3) is 0 Å². The number of ether oxygens (including phenoxy) is 2. The van der Waals surface area contributed by atoms with Gasteiger partial charge in [-0.3, -0.25) is 14.4 Å². The second-order valence-corrected chi connectivity index (χ2v) is 6.35. The maximum absolute atomic E-state index is 12.6. The van der Waals surface area contributed by atoms with Gasteiger partial charge in [-0.15, -0.1) is 0 Å². The summed E-state index contributed by atoms with van der Waals surface area (Å²) in [6.07, 6.45) is 1.35. The van der Waals surface area contributed by atoms with Crippen LogP contribution >= 0.6 is 0 Å². The molecule has 2 amide bonds. The lowest BCUT2D eigenvalue weighted by Gasteiger charge is -2.31. The number of carbonyl (C=O) groups excluding carboxylic acids is 3. The van der Waals surface area contributed by atoms with Crippen LogP contribution in [0.25, 0.3) is 0 Å². The largest absolute Gasteiger partial charge is 0.466 e. The van der Waals surface area contributed by atoms with Gasteiger partial charge >= 0.3 is 5.97 Å². The minimum atomic E-state index is -0.691. The highest BCUT2D eigenvalue weighted by Crippen LogP contribution is 2.43. The Morgan fingerprint density at radius 1 is 1.22 bits per heavy atom. The second kappa shape index (κ2) is 7.29. The number of hydrogen-bond acceptors (Lipinski definition) is 5. The van der Waals surface area contributed by atoms with Gasteiger partial charge in [0.2, 0.25) is 11.8 Å². The van der Waals surface area contributed by atoms with Gasteiger partial charge in [0.15, 0.2) is 0 Å². The number of nitrogens with zero attached hydrogens (tertiary/aromatic N) is 2. The third-order valence-electron chi connectivity index (χ3n) is 4.93. The molecule has 0 aromatic carbocycles. The molecule has 0 saturated carbocycles. The smallest absolute Gasteiger partial charge is 0.314 e. The Kier molecular flexibility index (Phi) is 5.62. The summed E-state index contributed by atoms with van der Waals surface area (Å²) in [5.74, 6) is -0.450. The average Bonchev–Trinajstić information content (AvgIpc) is 2.77. The lowest BCUT2D eigenvalue weighted by atomic mass is 9.75. The summed E-state index contributed by atoms with van der Waals surface area (Å²) in [6, 6.07) is 0. The van der Waals surface area contributed by atoms with Crippen LogP contribution < -0.4 is 0 Å². The van der Waals surface area contributed by atoms with Gasteiger partial charge in [0.05, 0.1) is 12.0 Å². The molecular formula is C16H26N2O5. The summed E-state index contributed by atoms with van der Waals surface area (Å²) < 4.78 is 10.2. The van der Waals surface area contributed by atoms with Crippen molar-refractivity contribution in [1.82, 2.24) is 9.80 Å². The summed E-state index contributed by atoms with van der Waals surface area (Å²) >= 11 is 0. The second-order valence-electron chi connectivity index (χ2n) is 6.35. The van der Waals surface area contributed by atoms with E-state index in [1.807, 2.05) is 0 Å². The Labute approximate surface area is 136 Å². The van der Waals surface area contributed by atoms with Gasteiger partial charge in [-0.2, -0.15) is 0 Å². The first-order valence-electron chi connectivity index (χ1n) is 8.14. The number of rotatable bonds is 4. The van der Waals surface area contributed by atoms with Crippen molar-refractivity contribution < 1.29 is 23.9 Å². The van der Waals surface area contributed by atoms with Crippen LogP contribution in [0.3, 0.4) is 0 Å². The van der Waals surface area contributed by atoms with Crippen molar-refractivity contribution in [2.24, 2.45) is 11.3 Å². The van der Waals surface area contributed by atoms with E-state index >= 15 is 0 Å². The van der Waals surface area contributed by atoms with Crippen molar-refractivity contribution in [3.8, 4) is 0 Å². The van der Waals surface area contributed by atoms with E-state index in [0.717, 1.165) is 6.42 Å². The molecule has 0 radical (unpaired) electrons. The van der Waals surface area contributed by atoms with Gasteiger partial charge in [-0.25, -0.2) is 0 Å². The monoisotopic (exact) mass is 326 g/mol. The molecule has 7 nitrogen and oxygen atoms in total. The van der Waals surface area contributed by atoms with Gasteiger partial charge in [0, 0.05) is 46.1 Å². The topological polar surface area (TPSA) is 76.2 Å². The SMILES string of the molecule is CCOC(=O)[C@@]12CCCN(C(=O)COC)C[C@@H]1CN(C(C)=O)C2. The molecule has 0 aromatic heterocycles. The van der Waals surface area contributed by atoms with Crippen molar-refractivity contribution in [3.63, 3.8) is 0 Å². The van der Waals surface area contributed by atoms with Gasteiger partial charge < -0.3 is 19.3 Å². The summed E-state index contributed by atoms with van der Waals surface area (Å²) in [6.45, 7) is 5.60. The Hall–Kier alpha value is -1.63. The Balaban J connectivity index is 2.24. The predicted molar refractivity (Wildman–Crippen MR) is 82.5 cm³/mol. The van der Waals surface area contributed by atoms with Crippen LogP contribution in [0.1, 0.15) is 26.7 Å². The van der Waals surface area contributed by atoms with Crippen molar-refractivity contribution in [3.05, 3.63) is 0 Å². The van der Waals surface area contributed by atoms with Crippen molar-refractivity contribution in [1.29, 1.82) is 0 Å². The highest BCUT2D eigenvalue weighted by Gasteiger charge is 2.55. The molecule has 0 N–H and O–H groups in total. The van der Waals surface area contributed by atoms with Crippen LogP contribution in [0, 0.1) is 11.3 Å². The van der Waals surface area contributed by atoms with E-state index in [-0.39, 0.29) is 30.3 Å². The number of hydrogen-bond donors (Lipinski definition) is 0. The fourth-order valence-corrected chi connectivity index (χ4v) is 3.72. The highest BCUT2D eigenvalue weighted by molar-refractivity contribution is 5.82. The number of fused-ring (bicyclic) bond motifs is 1. The zero-order valence-electron chi connectivity index (χ0n) is 14.2. The zero-order valence-corrected chi connectivity index (χ0v) is 14.2. The molecule has 2 atom stereocenters. The van der Waals surface area contributed by atoms with E-state index in [4.69, 9.17) is 9.47 Å². The van der Waals surface area contributed by atoms with Gasteiger partial charge in [-0.05, 0) is 19.8 Å². The Morgan fingerprint density at radius 3 is 2.52 bits per heavy atom. The van der Waals surface area contributed by atoms with Crippen molar-refractivity contribution in [2.45, 2.75) is 26.7 Å². The molecule has 23 heavy (non-hydrogen) atoms. The molecule has 2 rings (SSSR count). The van der Waals surface area contributed by atoms with E-state index in [1.54, 1.807) is 16.7 Å². The predicted octanol–water partition coefficient (Wildman–Crippen LogP) is 0.283. The molecule has 2 aliphatic heterocycles. The minimum absolute atomic E-state index is 0.0373. The first-order chi connectivity index (χ1) is 10.9. The molecule has 0 aromatic rings. The molecule has 0 spiro atoms. The Bertz CT molecular complexity index is 481. The third kappa shape index (κ3) is 3.49. The van der Waals surface area contributed by atoms with Crippen LogP contribution in [-0.4, -0.2) is 74.1 Å². The molecule has 0 unspecified atom stereocenters. The minimum Gasteiger partial charge on any atom is -0.466 e. The van der Waals surface area contributed by atoms with Crippen LogP contribution in [0.4, 0.5) is 0 Å². The maximum Gasteiger partial charge on any atom is 0.314 e. The van der Waals surface area contributed by atoms with Gasteiger partial charge in [-0.1, -0.05) is 0 Å². The molecule has 2 fully saturated rings. The molecule has 130 valence electrons. The molecule has 2 aliphatic rings. The quantitative estimate of drug-likeness (QED) is 0.694. The molecule has 2 saturated heterocycles. The van der Waals surface area contributed by atoms with Crippen LogP contribution in [0.15, 0.2) is 0 Å². The van der Waals surface area contributed by atoms with Gasteiger partial charge in [0.1, 0.15) is 6.61 Å². The van der Waals surface area contributed by atoms with Crippen molar-refractivity contribution in [2.75, 3.05) is 46.5 Å². The number of carbonyl (C=O) groups is 3. The number of methoxy groups -OCH3 is 1. The van der Waals surface area contributed by atoms with E-state index in [2.05, 4.69) is 0 Å². The van der Waals surface area contributed by atoms with E-state index in [9.17, 15) is 14.4 Å². The van der Waals surface area contributed by atoms with Crippen LogP contribution in [0.5, 0.6) is 0 Å². The molecule has 7 heteroatoms. The highest BCUT2D eigenvalue weighted by atomic mass is 16.5. The summed E-state index contributed by atoms with van der Waals surface area (Å²) in [5.41, 5.74) is -0.691. The number of likely N-dealkylation sites (tertiary alicyclic amines) is 2. The van der Waals surface area contributed by atoms with E-state index in [0.29, 0.717) is 39.2 Å². The first-order valence-corrected chi connectivity index (χ1v) is 8.14. The summed E-state index contributed by atoms with van der Waals surface area (Å²) in [5, 5.41) is 0. The fraction of sp³-hybridized carbons (Fsp3) is 0.812. The normalized spacial score (nSPS) is 27.3. The van der Waals surface area contributed by atoms with Crippen LogP contribution in [0.2, 0.25) is 0 Å². The van der Waals surface area contributed by atoms with E-state index < -0.39 is 5.41 Å². The maximum atomic E-state index is 12.6. The zero-order chi connectivity index (χ0) is 17.0. The lowest BCUT2D eigenvalue weighted by Crippen LogP contribution is -2.44. The number of amides is 2. The lowest BCUT2D eigenvalue weighted by molar-refractivity contribution is -0.158. The molecule has 0 aliphatic carbocycles. The number of esters is 1. The molecule has 0 bridgehead atoms. The first kappa shape index (κ1) is 17.7. The Morgan fingerprint density at radius 2 is 1.91 bits per heavy atom. The van der Waals surface area contributed by atoms with Crippen molar-refractivity contribution >= 4 is 17.8 Å². The molecular weight excluding hydrogens is 300 g/mol. The summed E-state index contributed by atoms with van der Waals surface area (Å²) in [4.78, 5) is 40.0. The third-order valence-corrected chi connectivity index (χ3v) is 4.93. The molecule has 2 heterocycles. The average molecular weight is 326 g/mol. The van der Waals surface area contributed by atoms with Crippen LogP contribution in [-0.2, 0) is 23.9 Å². The summed E-state index contributed by atoms with van der Waals surface area (Å²) in [7, 11) is 1.49. The van der Waals surface area contributed by atoms with E-state index in [1.165, 1.54) is 14.0 Å². The fourth-order valence-electron chi connectivity index (χ4n) is 3.72.